The number of fused-ring (bicyclic) bond motifs is 1. The van der Waals surface area contributed by atoms with E-state index < -0.39 is 12.5 Å². The lowest BCUT2D eigenvalue weighted by molar-refractivity contribution is -0.304. The van der Waals surface area contributed by atoms with Crippen molar-refractivity contribution < 1.29 is 14.7 Å². The highest BCUT2D eigenvalue weighted by molar-refractivity contribution is 5.80. The molecule has 1 aromatic heterocycles. The number of benzene rings is 1. The first-order chi connectivity index (χ1) is 11.1. The van der Waals surface area contributed by atoms with Gasteiger partial charge < -0.3 is 15.2 Å². The molecular weight excluding hydrogens is 298 g/mol. The minimum absolute atomic E-state index is 0.0673. The Morgan fingerprint density at radius 1 is 1.17 bits per heavy atom. The minimum atomic E-state index is -1.30. The maximum Gasteiger partial charge on any atom is 0.261 e. The summed E-state index contributed by atoms with van der Waals surface area (Å²) < 4.78 is 1.57. The number of nitrogens with one attached hydrogen (secondary N) is 1. The van der Waals surface area contributed by atoms with Crippen LogP contribution in [0.4, 0.5) is 0 Å². The van der Waals surface area contributed by atoms with Gasteiger partial charge in [0.05, 0.1) is 29.7 Å². The van der Waals surface area contributed by atoms with Crippen molar-refractivity contribution in [1.29, 1.82) is 0 Å². The van der Waals surface area contributed by atoms with Crippen LogP contribution in [0.15, 0.2) is 35.4 Å². The predicted octanol–water partition coefficient (Wildman–Crippen LogP) is -0.177. The molecular formula is C16H18N3O4-. The van der Waals surface area contributed by atoms with Gasteiger partial charge >= 0.3 is 0 Å². The van der Waals surface area contributed by atoms with Gasteiger partial charge in [-0.2, -0.15) is 0 Å². The second kappa shape index (κ2) is 8.07. The fourth-order valence-electron chi connectivity index (χ4n) is 2.27. The van der Waals surface area contributed by atoms with E-state index >= 15 is 0 Å². The molecule has 0 bridgehead atoms. The minimum Gasteiger partial charge on any atom is -0.548 e. The van der Waals surface area contributed by atoms with Crippen molar-refractivity contribution in [3.05, 3.63) is 40.9 Å². The van der Waals surface area contributed by atoms with Crippen LogP contribution in [-0.2, 0) is 16.1 Å². The van der Waals surface area contributed by atoms with E-state index in [1.807, 2.05) is 6.07 Å². The Morgan fingerprint density at radius 3 is 2.74 bits per heavy atom. The molecule has 0 spiro atoms. The van der Waals surface area contributed by atoms with E-state index in [4.69, 9.17) is 0 Å². The molecule has 122 valence electrons. The first-order valence-corrected chi connectivity index (χ1v) is 7.48. The summed E-state index contributed by atoms with van der Waals surface area (Å²) in [4.78, 5) is 38.0. The summed E-state index contributed by atoms with van der Waals surface area (Å²) in [6.45, 7) is 0.0777. The zero-order valence-corrected chi connectivity index (χ0v) is 12.7. The number of nitrogens with zero attached hydrogens (tertiary/aromatic N) is 2. The third kappa shape index (κ3) is 4.91. The number of carbonyl (C=O) groups is 2. The first kappa shape index (κ1) is 16.7. The molecule has 7 nitrogen and oxygen atoms in total. The molecule has 0 radical (unpaired) electrons. The van der Waals surface area contributed by atoms with Gasteiger partial charge in [-0.05, 0) is 25.0 Å². The van der Waals surface area contributed by atoms with E-state index in [9.17, 15) is 19.5 Å². The molecule has 1 N–H and O–H groups in total. The summed E-state index contributed by atoms with van der Waals surface area (Å²) in [6, 6.07) is 7.20. The molecule has 1 heterocycles. The summed E-state index contributed by atoms with van der Waals surface area (Å²) in [7, 11) is 0. The van der Waals surface area contributed by atoms with Gasteiger partial charge in [0.25, 0.3) is 5.56 Å². The van der Waals surface area contributed by atoms with Crippen LogP contribution >= 0.6 is 0 Å². The van der Waals surface area contributed by atoms with Gasteiger partial charge in [-0.15, -0.1) is 0 Å². The largest absolute Gasteiger partial charge is 0.548 e. The zero-order chi connectivity index (χ0) is 16.7. The SMILES string of the molecule is O=C([O-])CNC(=O)CCCCCn1cnc2ccccc2c1=O. The summed E-state index contributed by atoms with van der Waals surface area (Å²) in [5, 5.41) is 13.0. The number of carbonyl (C=O) groups excluding carboxylic acids is 2. The van der Waals surface area contributed by atoms with Crippen LogP contribution in [0.2, 0.25) is 0 Å². The number of hydrogen-bond donors (Lipinski definition) is 1. The molecule has 2 aromatic rings. The molecule has 1 amide bonds. The van der Waals surface area contributed by atoms with Crippen LogP contribution in [0.1, 0.15) is 25.7 Å². The Hall–Kier alpha value is -2.70. The molecule has 23 heavy (non-hydrogen) atoms. The Morgan fingerprint density at radius 2 is 1.96 bits per heavy atom. The molecule has 0 aliphatic rings. The first-order valence-electron chi connectivity index (χ1n) is 7.48. The van der Waals surface area contributed by atoms with Crippen molar-refractivity contribution >= 4 is 22.8 Å². The Bertz CT molecular complexity index is 754. The second-order valence-corrected chi connectivity index (χ2v) is 5.22. The molecule has 0 saturated heterocycles. The number of hydrogen-bond acceptors (Lipinski definition) is 5. The highest BCUT2D eigenvalue weighted by Crippen LogP contribution is 2.06. The highest BCUT2D eigenvalue weighted by Gasteiger charge is 2.04. The number of unbranched alkanes of at least 4 members (excludes halogenated alkanes) is 2. The summed E-state index contributed by atoms with van der Waals surface area (Å²) in [5.41, 5.74) is 0.612. The number of aromatic nitrogens is 2. The number of para-hydroxylation sites is 1. The second-order valence-electron chi connectivity index (χ2n) is 5.22. The van der Waals surface area contributed by atoms with Gasteiger partial charge in [-0.1, -0.05) is 18.6 Å². The van der Waals surface area contributed by atoms with Crippen molar-refractivity contribution in [2.45, 2.75) is 32.2 Å². The maximum absolute atomic E-state index is 12.2. The van der Waals surface area contributed by atoms with Crippen molar-refractivity contribution in [1.82, 2.24) is 14.9 Å². The van der Waals surface area contributed by atoms with Crippen LogP contribution in [0.3, 0.4) is 0 Å². The van der Waals surface area contributed by atoms with Crippen LogP contribution in [0.25, 0.3) is 10.9 Å². The molecule has 0 fully saturated rings. The standard InChI is InChI=1S/C16H19N3O4/c20-14(17-10-15(21)22)8-2-1-5-9-19-11-18-13-7-4-3-6-12(13)16(19)23/h3-4,6-7,11H,1-2,5,8-10H2,(H,17,20)(H,21,22)/p-1. The number of amides is 1. The predicted molar refractivity (Wildman–Crippen MR) is 82.5 cm³/mol. The average molecular weight is 316 g/mol. The molecule has 0 saturated carbocycles. The Labute approximate surface area is 133 Å². The smallest absolute Gasteiger partial charge is 0.261 e. The average Bonchev–Trinajstić information content (AvgIpc) is 2.54. The molecule has 7 heteroatoms. The third-order valence-corrected chi connectivity index (χ3v) is 3.46. The van der Waals surface area contributed by atoms with E-state index in [1.165, 1.54) is 6.33 Å². The molecule has 0 atom stereocenters. The fourth-order valence-corrected chi connectivity index (χ4v) is 2.27. The normalized spacial score (nSPS) is 10.6. The lowest BCUT2D eigenvalue weighted by Gasteiger charge is -2.07. The summed E-state index contributed by atoms with van der Waals surface area (Å²) in [6.07, 6.45) is 3.94. The van der Waals surface area contributed by atoms with Gasteiger partial charge in [-0.3, -0.25) is 14.2 Å². The number of carboxylic acids is 1. The van der Waals surface area contributed by atoms with Gasteiger partial charge in [0.1, 0.15) is 0 Å². The summed E-state index contributed by atoms with van der Waals surface area (Å²) >= 11 is 0. The van der Waals surface area contributed by atoms with Crippen LogP contribution in [0.5, 0.6) is 0 Å². The van der Waals surface area contributed by atoms with E-state index in [0.29, 0.717) is 23.9 Å². The maximum atomic E-state index is 12.2. The topological polar surface area (TPSA) is 104 Å². The van der Waals surface area contributed by atoms with Crippen LogP contribution < -0.4 is 16.0 Å². The fraction of sp³-hybridized carbons (Fsp3) is 0.375. The van der Waals surface area contributed by atoms with Gasteiger partial charge in [0.2, 0.25) is 5.91 Å². The lowest BCUT2D eigenvalue weighted by Crippen LogP contribution is -2.37. The van der Waals surface area contributed by atoms with Crippen molar-refractivity contribution in [2.24, 2.45) is 0 Å². The van der Waals surface area contributed by atoms with Gasteiger partial charge in [0.15, 0.2) is 0 Å². The van der Waals surface area contributed by atoms with Gasteiger partial charge in [0, 0.05) is 13.0 Å². The zero-order valence-electron chi connectivity index (χ0n) is 12.7. The number of aryl methyl sites for hydroxylation is 1. The molecule has 0 aliphatic heterocycles. The van der Waals surface area contributed by atoms with Crippen LogP contribution in [0, 0.1) is 0 Å². The molecule has 1 aromatic carbocycles. The van der Waals surface area contributed by atoms with E-state index in [1.54, 1.807) is 22.8 Å². The number of aliphatic carboxylic acids is 1. The van der Waals surface area contributed by atoms with E-state index in [0.717, 1.165) is 12.8 Å². The Kier molecular flexibility index (Phi) is 5.85. The van der Waals surface area contributed by atoms with E-state index in [2.05, 4.69) is 10.3 Å². The monoisotopic (exact) mass is 316 g/mol. The molecule has 0 aliphatic carbocycles. The van der Waals surface area contributed by atoms with Crippen molar-refractivity contribution in [3.63, 3.8) is 0 Å². The van der Waals surface area contributed by atoms with E-state index in [-0.39, 0.29) is 17.9 Å². The lowest BCUT2D eigenvalue weighted by atomic mass is 10.2. The molecule has 0 unspecified atom stereocenters. The third-order valence-electron chi connectivity index (χ3n) is 3.46. The number of rotatable bonds is 8. The number of carboxylic acid groups (broad SMARTS) is 1. The quantitative estimate of drug-likeness (QED) is 0.681. The van der Waals surface area contributed by atoms with Crippen molar-refractivity contribution in [2.75, 3.05) is 6.54 Å². The van der Waals surface area contributed by atoms with Crippen molar-refractivity contribution in [3.8, 4) is 0 Å². The molecule has 2 rings (SSSR count). The highest BCUT2D eigenvalue weighted by atomic mass is 16.4. The van der Waals surface area contributed by atoms with Crippen LogP contribution in [-0.4, -0.2) is 28.0 Å². The van der Waals surface area contributed by atoms with Gasteiger partial charge in [-0.25, -0.2) is 4.98 Å². The summed E-state index contributed by atoms with van der Waals surface area (Å²) in [5.74, 6) is -1.61. The Balaban J connectivity index is 1.77.